The SMILES string of the molecule is CCCNc1nc(COC(C)(C)C)nc2c1cnn2C. The first kappa shape index (κ1) is 14.7. The molecule has 0 aromatic carbocycles. The highest BCUT2D eigenvalue weighted by Crippen LogP contribution is 2.20. The molecular formula is C14H23N5O. The molecule has 2 heterocycles. The first-order chi connectivity index (χ1) is 9.40. The Labute approximate surface area is 119 Å². The van der Waals surface area contributed by atoms with Crippen molar-refractivity contribution in [2.45, 2.75) is 46.3 Å². The molecule has 0 radical (unpaired) electrons. The third-order valence-electron chi connectivity index (χ3n) is 2.82. The van der Waals surface area contributed by atoms with Crippen LogP contribution in [0.15, 0.2) is 6.20 Å². The van der Waals surface area contributed by atoms with E-state index >= 15 is 0 Å². The summed E-state index contributed by atoms with van der Waals surface area (Å²) in [6.45, 7) is 9.45. The number of nitrogens with zero attached hydrogens (tertiary/aromatic N) is 4. The summed E-state index contributed by atoms with van der Waals surface area (Å²) in [5.41, 5.74) is 0.619. The van der Waals surface area contributed by atoms with Gasteiger partial charge in [0.05, 0.1) is 17.2 Å². The van der Waals surface area contributed by atoms with E-state index in [0.717, 1.165) is 29.8 Å². The van der Waals surface area contributed by atoms with Crippen molar-refractivity contribution in [2.75, 3.05) is 11.9 Å². The predicted octanol–water partition coefficient (Wildman–Crippen LogP) is 2.50. The first-order valence-electron chi connectivity index (χ1n) is 6.97. The molecule has 0 aliphatic heterocycles. The number of nitrogens with one attached hydrogen (secondary N) is 1. The van der Waals surface area contributed by atoms with Gasteiger partial charge in [0.15, 0.2) is 11.5 Å². The van der Waals surface area contributed by atoms with Crippen molar-refractivity contribution < 1.29 is 4.74 Å². The lowest BCUT2D eigenvalue weighted by Gasteiger charge is -2.19. The summed E-state index contributed by atoms with van der Waals surface area (Å²) >= 11 is 0. The Morgan fingerprint density at radius 1 is 1.30 bits per heavy atom. The Bertz CT molecular complexity index is 585. The molecule has 0 amide bonds. The average Bonchev–Trinajstić information content (AvgIpc) is 2.75. The van der Waals surface area contributed by atoms with E-state index in [9.17, 15) is 0 Å². The lowest BCUT2D eigenvalue weighted by Crippen LogP contribution is -2.20. The largest absolute Gasteiger partial charge is 0.369 e. The zero-order valence-corrected chi connectivity index (χ0v) is 12.9. The normalized spacial score (nSPS) is 12.1. The molecule has 0 spiro atoms. The smallest absolute Gasteiger partial charge is 0.163 e. The first-order valence-corrected chi connectivity index (χ1v) is 6.97. The van der Waals surface area contributed by atoms with Crippen LogP contribution in [0.5, 0.6) is 0 Å². The van der Waals surface area contributed by atoms with Crippen LogP contribution in [0.4, 0.5) is 5.82 Å². The van der Waals surface area contributed by atoms with Crippen molar-refractivity contribution in [2.24, 2.45) is 7.05 Å². The standard InChI is InChI=1S/C14H23N5O/c1-6-7-15-12-10-8-16-19(5)13(10)18-11(17-12)9-20-14(2,3)4/h8H,6-7,9H2,1-5H3,(H,15,17,18). The Morgan fingerprint density at radius 2 is 2.05 bits per heavy atom. The third-order valence-corrected chi connectivity index (χ3v) is 2.82. The lowest BCUT2D eigenvalue weighted by molar-refractivity contribution is -0.0179. The maximum absolute atomic E-state index is 5.76. The molecule has 0 fully saturated rings. The van der Waals surface area contributed by atoms with Gasteiger partial charge in [-0.1, -0.05) is 6.92 Å². The van der Waals surface area contributed by atoms with Crippen molar-refractivity contribution in [3.05, 3.63) is 12.0 Å². The van der Waals surface area contributed by atoms with E-state index in [1.165, 1.54) is 0 Å². The molecule has 0 bridgehead atoms. The summed E-state index contributed by atoms with van der Waals surface area (Å²) in [5.74, 6) is 1.51. The number of aryl methyl sites for hydroxylation is 1. The van der Waals surface area contributed by atoms with Crippen molar-refractivity contribution in [1.82, 2.24) is 19.7 Å². The van der Waals surface area contributed by atoms with Gasteiger partial charge in [-0.05, 0) is 27.2 Å². The molecule has 0 aliphatic rings. The quantitative estimate of drug-likeness (QED) is 0.909. The van der Waals surface area contributed by atoms with Crippen LogP contribution in [0.3, 0.4) is 0 Å². The van der Waals surface area contributed by atoms with Gasteiger partial charge in [0.25, 0.3) is 0 Å². The molecule has 6 heteroatoms. The molecule has 0 saturated heterocycles. The Morgan fingerprint density at radius 3 is 2.70 bits per heavy atom. The fourth-order valence-electron chi connectivity index (χ4n) is 1.79. The second-order valence-corrected chi connectivity index (χ2v) is 5.82. The fourth-order valence-corrected chi connectivity index (χ4v) is 1.79. The average molecular weight is 277 g/mol. The van der Waals surface area contributed by atoms with Crippen LogP contribution in [0.2, 0.25) is 0 Å². The van der Waals surface area contributed by atoms with Crippen LogP contribution in [0.1, 0.15) is 39.9 Å². The van der Waals surface area contributed by atoms with E-state index in [-0.39, 0.29) is 5.60 Å². The van der Waals surface area contributed by atoms with Crippen LogP contribution < -0.4 is 5.32 Å². The lowest BCUT2D eigenvalue weighted by atomic mass is 10.2. The number of fused-ring (bicyclic) bond motifs is 1. The maximum Gasteiger partial charge on any atom is 0.163 e. The van der Waals surface area contributed by atoms with Gasteiger partial charge in [-0.15, -0.1) is 0 Å². The fraction of sp³-hybridized carbons (Fsp3) is 0.643. The van der Waals surface area contributed by atoms with E-state index < -0.39 is 0 Å². The van der Waals surface area contributed by atoms with E-state index in [0.29, 0.717) is 12.4 Å². The second-order valence-electron chi connectivity index (χ2n) is 5.82. The summed E-state index contributed by atoms with van der Waals surface area (Å²) < 4.78 is 7.52. The Hall–Kier alpha value is -1.69. The molecule has 2 aromatic rings. The molecule has 2 rings (SSSR count). The second kappa shape index (κ2) is 5.75. The van der Waals surface area contributed by atoms with Crippen LogP contribution in [0.25, 0.3) is 11.0 Å². The topological polar surface area (TPSA) is 64.9 Å². The number of hydrogen-bond acceptors (Lipinski definition) is 5. The minimum Gasteiger partial charge on any atom is -0.369 e. The van der Waals surface area contributed by atoms with E-state index in [2.05, 4.69) is 27.3 Å². The summed E-state index contributed by atoms with van der Waals surface area (Å²) in [6, 6.07) is 0. The number of anilines is 1. The van der Waals surface area contributed by atoms with Crippen molar-refractivity contribution >= 4 is 16.9 Å². The van der Waals surface area contributed by atoms with E-state index in [4.69, 9.17) is 4.74 Å². The van der Waals surface area contributed by atoms with Crippen LogP contribution in [-0.4, -0.2) is 31.9 Å². The monoisotopic (exact) mass is 277 g/mol. The highest BCUT2D eigenvalue weighted by atomic mass is 16.5. The molecule has 110 valence electrons. The zero-order chi connectivity index (χ0) is 14.8. The highest BCUT2D eigenvalue weighted by Gasteiger charge is 2.15. The molecule has 0 atom stereocenters. The van der Waals surface area contributed by atoms with Gasteiger partial charge in [-0.3, -0.25) is 4.68 Å². The van der Waals surface area contributed by atoms with Crippen molar-refractivity contribution in [3.8, 4) is 0 Å². The zero-order valence-electron chi connectivity index (χ0n) is 12.9. The molecule has 2 aromatic heterocycles. The third kappa shape index (κ3) is 3.45. The van der Waals surface area contributed by atoms with Gasteiger partial charge in [-0.2, -0.15) is 5.10 Å². The molecule has 0 aliphatic carbocycles. The number of ether oxygens (including phenoxy) is 1. The molecule has 0 unspecified atom stereocenters. The van der Waals surface area contributed by atoms with Gasteiger partial charge in [0, 0.05) is 13.6 Å². The Kier molecular flexibility index (Phi) is 4.23. The van der Waals surface area contributed by atoms with Crippen LogP contribution in [-0.2, 0) is 18.4 Å². The molecule has 1 N–H and O–H groups in total. The molecule has 20 heavy (non-hydrogen) atoms. The van der Waals surface area contributed by atoms with Crippen molar-refractivity contribution in [3.63, 3.8) is 0 Å². The van der Waals surface area contributed by atoms with E-state index in [1.807, 2.05) is 27.8 Å². The number of hydrogen-bond donors (Lipinski definition) is 1. The summed E-state index contributed by atoms with van der Waals surface area (Å²) in [4.78, 5) is 9.09. The van der Waals surface area contributed by atoms with Gasteiger partial charge in [0.2, 0.25) is 0 Å². The van der Waals surface area contributed by atoms with E-state index in [1.54, 1.807) is 10.9 Å². The predicted molar refractivity (Wildman–Crippen MR) is 79.6 cm³/mol. The van der Waals surface area contributed by atoms with Gasteiger partial charge in [0.1, 0.15) is 12.4 Å². The van der Waals surface area contributed by atoms with Gasteiger partial charge < -0.3 is 10.1 Å². The highest BCUT2D eigenvalue weighted by molar-refractivity contribution is 5.86. The summed E-state index contributed by atoms with van der Waals surface area (Å²) in [5, 5.41) is 8.52. The summed E-state index contributed by atoms with van der Waals surface area (Å²) in [7, 11) is 1.88. The minimum atomic E-state index is -0.207. The minimum absolute atomic E-state index is 0.207. The maximum atomic E-state index is 5.76. The van der Waals surface area contributed by atoms with Gasteiger partial charge >= 0.3 is 0 Å². The number of aromatic nitrogens is 4. The summed E-state index contributed by atoms with van der Waals surface area (Å²) in [6.07, 6.45) is 2.83. The van der Waals surface area contributed by atoms with Crippen molar-refractivity contribution in [1.29, 1.82) is 0 Å². The Balaban J connectivity index is 2.32. The molecule has 6 nitrogen and oxygen atoms in total. The number of rotatable bonds is 5. The van der Waals surface area contributed by atoms with Gasteiger partial charge in [-0.25, -0.2) is 9.97 Å². The van der Waals surface area contributed by atoms with Crippen LogP contribution in [0, 0.1) is 0 Å². The molecule has 0 saturated carbocycles. The molecular weight excluding hydrogens is 254 g/mol. The van der Waals surface area contributed by atoms with Crippen LogP contribution >= 0.6 is 0 Å².